The molecule has 0 aliphatic carbocycles. The average Bonchev–Trinajstić information content (AvgIpc) is 3.30. The zero-order valence-corrected chi connectivity index (χ0v) is 20.3. The Morgan fingerprint density at radius 1 is 1.12 bits per heavy atom. The van der Waals surface area contributed by atoms with Crippen molar-refractivity contribution in [2.45, 2.75) is 17.6 Å². The average molecular weight is 526 g/mol. The van der Waals surface area contributed by atoms with Crippen molar-refractivity contribution in [2.24, 2.45) is 0 Å². The molecule has 0 radical (unpaired) electrons. The molecule has 32 heavy (non-hydrogen) atoms. The third-order valence-corrected chi connectivity index (χ3v) is 9.28. The van der Waals surface area contributed by atoms with E-state index < -0.39 is 20.7 Å². The third kappa shape index (κ3) is 4.86. The fraction of sp³-hybridized carbons (Fsp3) is 0.500. The van der Waals surface area contributed by atoms with Gasteiger partial charge in [-0.2, -0.15) is 4.31 Å². The van der Waals surface area contributed by atoms with Crippen LogP contribution < -0.4 is 10.4 Å². The molecule has 10 nitrogen and oxygen atoms in total. The highest BCUT2D eigenvalue weighted by atomic mass is 35.5. The van der Waals surface area contributed by atoms with Crippen LogP contribution in [0.4, 0.5) is 5.13 Å². The summed E-state index contributed by atoms with van der Waals surface area (Å²) in [6, 6.07) is 5.69. The highest BCUT2D eigenvalue weighted by molar-refractivity contribution is 7.91. The Labute approximate surface area is 202 Å². The first kappa shape index (κ1) is 26.7. The standard InChI is InChI=1S/C18H23N5O5S2.2ClH/c24-16(21-25)18(4-11-28-12-5-18)30(26,27)23-9-7-22(8-10-23)17-20-13-15(29-17)14-3-1-2-6-19-14;;/h1-3,6,13,25H,4-5,7-12H2,(H,21,24);2*1H. The largest absolute Gasteiger partial charge is 0.381 e. The molecular weight excluding hydrogens is 501 g/mol. The van der Waals surface area contributed by atoms with Crippen molar-refractivity contribution >= 4 is 57.2 Å². The Morgan fingerprint density at radius 3 is 2.41 bits per heavy atom. The molecule has 0 unspecified atom stereocenters. The topological polar surface area (TPSA) is 125 Å². The van der Waals surface area contributed by atoms with Gasteiger partial charge in [0.05, 0.1) is 10.6 Å². The van der Waals surface area contributed by atoms with Gasteiger partial charge in [-0.1, -0.05) is 17.4 Å². The molecule has 4 heterocycles. The first-order valence-corrected chi connectivity index (χ1v) is 11.9. The van der Waals surface area contributed by atoms with Crippen LogP contribution >= 0.6 is 36.2 Å². The maximum atomic E-state index is 13.4. The fourth-order valence-corrected chi connectivity index (χ4v) is 6.86. The first-order valence-electron chi connectivity index (χ1n) is 9.62. The van der Waals surface area contributed by atoms with E-state index in [9.17, 15) is 13.2 Å². The molecular formula is C18H25Cl2N5O5S2. The fourth-order valence-electron chi connectivity index (χ4n) is 3.81. The molecule has 2 fully saturated rings. The van der Waals surface area contributed by atoms with Crippen LogP contribution in [-0.2, 0) is 19.6 Å². The number of ether oxygens (including phenoxy) is 1. The molecule has 1 amide bonds. The predicted molar refractivity (Wildman–Crippen MR) is 125 cm³/mol. The number of carbonyl (C=O) groups is 1. The molecule has 2 aromatic heterocycles. The summed E-state index contributed by atoms with van der Waals surface area (Å²) >= 11 is 1.51. The van der Waals surface area contributed by atoms with Gasteiger partial charge in [-0.05, 0) is 12.1 Å². The number of amides is 1. The van der Waals surface area contributed by atoms with Crippen molar-refractivity contribution in [3.63, 3.8) is 0 Å². The van der Waals surface area contributed by atoms with Gasteiger partial charge < -0.3 is 9.64 Å². The molecule has 2 aliphatic rings. The molecule has 0 spiro atoms. The van der Waals surface area contributed by atoms with E-state index >= 15 is 0 Å². The molecule has 2 aromatic rings. The minimum Gasteiger partial charge on any atom is -0.381 e. The van der Waals surface area contributed by atoms with E-state index in [2.05, 4.69) is 9.97 Å². The van der Waals surface area contributed by atoms with Gasteiger partial charge in [0.2, 0.25) is 10.0 Å². The molecule has 178 valence electrons. The van der Waals surface area contributed by atoms with Crippen molar-refractivity contribution in [1.82, 2.24) is 19.8 Å². The summed E-state index contributed by atoms with van der Waals surface area (Å²) in [5.74, 6) is -0.895. The number of hydroxylamine groups is 1. The second-order valence-electron chi connectivity index (χ2n) is 7.16. The summed E-state index contributed by atoms with van der Waals surface area (Å²) in [4.78, 5) is 24.1. The lowest BCUT2D eigenvalue weighted by molar-refractivity contribution is -0.134. The number of nitrogens with one attached hydrogen (secondary N) is 1. The van der Waals surface area contributed by atoms with E-state index in [4.69, 9.17) is 9.94 Å². The van der Waals surface area contributed by atoms with E-state index in [-0.39, 0.29) is 64.0 Å². The Balaban J connectivity index is 0.00000181. The minimum absolute atomic E-state index is 0. The summed E-state index contributed by atoms with van der Waals surface area (Å²) in [6.07, 6.45) is 3.53. The van der Waals surface area contributed by atoms with Crippen LogP contribution in [0.1, 0.15) is 12.8 Å². The number of hydrogen-bond acceptors (Lipinski definition) is 9. The van der Waals surface area contributed by atoms with Gasteiger partial charge in [0.15, 0.2) is 9.88 Å². The molecule has 2 aliphatic heterocycles. The molecule has 0 aromatic carbocycles. The number of thiazole rings is 1. The maximum Gasteiger partial charge on any atom is 0.266 e. The lowest BCUT2D eigenvalue weighted by atomic mass is 9.98. The zero-order valence-electron chi connectivity index (χ0n) is 17.0. The van der Waals surface area contributed by atoms with E-state index in [1.165, 1.54) is 15.6 Å². The summed E-state index contributed by atoms with van der Waals surface area (Å²) in [5.41, 5.74) is 2.39. The van der Waals surface area contributed by atoms with Gasteiger partial charge in [-0.3, -0.25) is 15.0 Å². The summed E-state index contributed by atoms with van der Waals surface area (Å²) < 4.78 is 31.6. The minimum atomic E-state index is -3.97. The summed E-state index contributed by atoms with van der Waals surface area (Å²) in [7, 11) is -3.97. The number of halogens is 2. The van der Waals surface area contributed by atoms with Crippen molar-refractivity contribution in [2.75, 3.05) is 44.3 Å². The third-order valence-electron chi connectivity index (χ3n) is 5.57. The van der Waals surface area contributed by atoms with Crippen LogP contribution in [0.25, 0.3) is 10.6 Å². The van der Waals surface area contributed by atoms with Crippen LogP contribution in [-0.4, -0.2) is 77.9 Å². The van der Waals surface area contributed by atoms with Crippen LogP contribution in [0, 0.1) is 0 Å². The van der Waals surface area contributed by atoms with Crippen molar-refractivity contribution in [3.05, 3.63) is 30.6 Å². The van der Waals surface area contributed by atoms with Gasteiger partial charge in [-0.15, -0.1) is 24.8 Å². The second-order valence-corrected chi connectivity index (χ2v) is 10.4. The first-order chi connectivity index (χ1) is 14.5. The molecule has 14 heteroatoms. The van der Waals surface area contributed by atoms with Gasteiger partial charge in [0, 0.05) is 64.6 Å². The molecule has 0 saturated carbocycles. The smallest absolute Gasteiger partial charge is 0.266 e. The van der Waals surface area contributed by atoms with Crippen LogP contribution in [0.15, 0.2) is 30.6 Å². The highest BCUT2D eigenvalue weighted by Crippen LogP contribution is 2.35. The number of anilines is 1. The zero-order chi connectivity index (χ0) is 21.2. The number of aromatic nitrogens is 2. The van der Waals surface area contributed by atoms with Gasteiger partial charge in [0.25, 0.3) is 5.91 Å². The SMILES string of the molecule is Cl.Cl.O=C(NO)C1(S(=O)(=O)N2CCN(c3ncc(-c4ccccn4)s3)CC2)CCOCC1. The second kappa shape index (κ2) is 11.1. The van der Waals surface area contributed by atoms with Crippen molar-refractivity contribution in [1.29, 1.82) is 0 Å². The van der Waals surface area contributed by atoms with Crippen LogP contribution in [0.2, 0.25) is 0 Å². The molecule has 4 rings (SSSR count). The van der Waals surface area contributed by atoms with Crippen LogP contribution in [0.3, 0.4) is 0 Å². The maximum absolute atomic E-state index is 13.4. The number of hydrogen-bond donors (Lipinski definition) is 2. The Kier molecular flexibility index (Phi) is 9.23. The van der Waals surface area contributed by atoms with Crippen molar-refractivity contribution < 1.29 is 23.2 Å². The Hall–Kier alpha value is -1.54. The quantitative estimate of drug-likeness (QED) is 0.444. The Morgan fingerprint density at radius 2 is 1.81 bits per heavy atom. The number of nitrogens with zero attached hydrogens (tertiary/aromatic N) is 4. The Bertz CT molecular complexity index is 994. The number of carbonyl (C=O) groups excluding carboxylic acids is 1. The molecule has 2 saturated heterocycles. The lowest BCUT2D eigenvalue weighted by Gasteiger charge is -2.41. The summed E-state index contributed by atoms with van der Waals surface area (Å²) in [5, 5.41) is 9.96. The molecule has 2 N–H and O–H groups in total. The van der Waals surface area contributed by atoms with Gasteiger partial charge in [0.1, 0.15) is 0 Å². The van der Waals surface area contributed by atoms with Crippen molar-refractivity contribution in [3.8, 4) is 10.6 Å². The van der Waals surface area contributed by atoms with E-state index in [0.29, 0.717) is 13.1 Å². The van der Waals surface area contributed by atoms with Gasteiger partial charge in [-0.25, -0.2) is 18.9 Å². The van der Waals surface area contributed by atoms with E-state index in [0.717, 1.165) is 15.7 Å². The lowest BCUT2D eigenvalue weighted by Crippen LogP contribution is -2.62. The monoisotopic (exact) mass is 525 g/mol. The molecule has 0 atom stereocenters. The number of sulfonamides is 1. The van der Waals surface area contributed by atoms with E-state index in [1.54, 1.807) is 17.9 Å². The number of piperazine rings is 1. The normalized spacial score (nSPS) is 18.8. The molecule has 0 bridgehead atoms. The van der Waals surface area contributed by atoms with E-state index in [1.807, 2.05) is 23.1 Å². The van der Waals surface area contributed by atoms with Crippen LogP contribution in [0.5, 0.6) is 0 Å². The van der Waals surface area contributed by atoms with Gasteiger partial charge >= 0.3 is 0 Å². The number of rotatable bonds is 5. The number of pyridine rings is 1. The summed E-state index contributed by atoms with van der Waals surface area (Å²) in [6.45, 7) is 1.71. The predicted octanol–water partition coefficient (Wildman–Crippen LogP) is 1.56. The highest BCUT2D eigenvalue weighted by Gasteiger charge is 2.54.